The second-order valence-corrected chi connectivity index (χ2v) is 6.47. The Labute approximate surface area is 139 Å². The number of guanidine groups is 1. The summed E-state index contributed by atoms with van der Waals surface area (Å²) in [4.78, 5) is 11.4. The monoisotopic (exact) mass is 321 g/mol. The number of hydrogen-bond donors (Lipinski definition) is 2. The molecule has 0 radical (unpaired) electrons. The van der Waals surface area contributed by atoms with Crippen LogP contribution in [0.25, 0.3) is 0 Å². The molecule has 1 aliphatic rings. The van der Waals surface area contributed by atoms with E-state index >= 15 is 0 Å². The Kier molecular flexibility index (Phi) is 6.89. The Morgan fingerprint density at radius 3 is 2.74 bits per heavy atom. The highest BCUT2D eigenvalue weighted by Crippen LogP contribution is 2.20. The molecule has 1 aliphatic heterocycles. The lowest BCUT2D eigenvalue weighted by molar-refractivity contribution is 0.166. The second kappa shape index (κ2) is 8.91. The smallest absolute Gasteiger partial charge is 0.208 e. The Bertz CT molecular complexity index is 484. The van der Waals surface area contributed by atoms with Crippen molar-refractivity contribution in [2.75, 3.05) is 26.2 Å². The van der Waals surface area contributed by atoms with Crippen molar-refractivity contribution in [3.05, 3.63) is 17.3 Å². The molecule has 6 nitrogen and oxygen atoms in total. The minimum Gasteiger partial charge on any atom is -0.444 e. The van der Waals surface area contributed by atoms with Crippen LogP contribution in [0.3, 0.4) is 0 Å². The fourth-order valence-corrected chi connectivity index (χ4v) is 2.80. The molecular weight excluding hydrogens is 290 g/mol. The van der Waals surface area contributed by atoms with Gasteiger partial charge in [-0.3, -0.25) is 9.89 Å². The van der Waals surface area contributed by atoms with Crippen LogP contribution in [0.1, 0.15) is 50.0 Å². The number of oxazole rings is 1. The molecule has 130 valence electrons. The summed E-state index contributed by atoms with van der Waals surface area (Å²) in [6.45, 7) is 10.8. The fourth-order valence-electron chi connectivity index (χ4n) is 2.80. The SMILES string of the molecule is CCCCNC(N)=NCC1CCN(Cc2nc(C)c(C)o2)CC1. The van der Waals surface area contributed by atoms with Gasteiger partial charge in [-0.2, -0.15) is 0 Å². The first-order valence-electron chi connectivity index (χ1n) is 8.77. The summed E-state index contributed by atoms with van der Waals surface area (Å²) in [5, 5.41) is 3.17. The molecule has 2 heterocycles. The number of aliphatic imine (C=N–C) groups is 1. The molecule has 2 rings (SSSR count). The van der Waals surface area contributed by atoms with Gasteiger partial charge in [-0.15, -0.1) is 0 Å². The van der Waals surface area contributed by atoms with Crippen molar-refractivity contribution >= 4 is 5.96 Å². The molecule has 0 aliphatic carbocycles. The highest BCUT2D eigenvalue weighted by atomic mass is 16.4. The first kappa shape index (κ1) is 17.8. The van der Waals surface area contributed by atoms with E-state index < -0.39 is 0 Å². The standard InChI is InChI=1S/C17H31N5O/c1-4-5-8-19-17(18)20-11-15-6-9-22(10-7-15)12-16-21-13(2)14(3)23-16/h15H,4-12H2,1-3H3,(H3,18,19,20). The van der Waals surface area contributed by atoms with E-state index in [4.69, 9.17) is 10.2 Å². The lowest BCUT2D eigenvalue weighted by Crippen LogP contribution is -2.36. The third-order valence-corrected chi connectivity index (χ3v) is 4.50. The van der Waals surface area contributed by atoms with Crippen LogP contribution in [0.15, 0.2) is 9.41 Å². The fraction of sp³-hybridized carbons (Fsp3) is 0.765. The Morgan fingerprint density at radius 2 is 2.13 bits per heavy atom. The number of piperidine rings is 1. The molecule has 0 bridgehead atoms. The molecule has 0 spiro atoms. The molecule has 0 aromatic carbocycles. The zero-order valence-corrected chi connectivity index (χ0v) is 14.8. The molecule has 1 aromatic heterocycles. The number of nitrogens with zero attached hydrogens (tertiary/aromatic N) is 3. The van der Waals surface area contributed by atoms with E-state index in [-0.39, 0.29) is 0 Å². The quantitative estimate of drug-likeness (QED) is 0.457. The predicted molar refractivity (Wildman–Crippen MR) is 93.4 cm³/mol. The van der Waals surface area contributed by atoms with Gasteiger partial charge in [0.1, 0.15) is 5.76 Å². The molecule has 1 fully saturated rings. The van der Waals surface area contributed by atoms with Crippen LogP contribution in [-0.2, 0) is 6.54 Å². The minimum atomic E-state index is 0.589. The molecule has 1 aromatic rings. The van der Waals surface area contributed by atoms with E-state index in [0.29, 0.717) is 11.9 Å². The van der Waals surface area contributed by atoms with Crippen molar-refractivity contribution in [2.24, 2.45) is 16.6 Å². The average Bonchev–Trinajstić information content (AvgIpc) is 2.85. The number of likely N-dealkylation sites (tertiary alicyclic amines) is 1. The Hall–Kier alpha value is -1.56. The van der Waals surface area contributed by atoms with Gasteiger partial charge in [0.25, 0.3) is 0 Å². The Balaban J connectivity index is 1.68. The largest absolute Gasteiger partial charge is 0.444 e. The first-order valence-corrected chi connectivity index (χ1v) is 8.77. The predicted octanol–water partition coefficient (Wildman–Crippen LogP) is 2.21. The van der Waals surface area contributed by atoms with E-state index in [2.05, 4.69) is 27.1 Å². The van der Waals surface area contributed by atoms with Crippen molar-refractivity contribution in [3.63, 3.8) is 0 Å². The highest BCUT2D eigenvalue weighted by molar-refractivity contribution is 5.77. The number of aryl methyl sites for hydroxylation is 2. The van der Waals surface area contributed by atoms with Crippen LogP contribution in [0.4, 0.5) is 0 Å². The maximum atomic E-state index is 5.89. The van der Waals surface area contributed by atoms with Crippen LogP contribution >= 0.6 is 0 Å². The molecule has 0 unspecified atom stereocenters. The number of nitrogens with one attached hydrogen (secondary N) is 1. The maximum absolute atomic E-state index is 5.89. The highest BCUT2D eigenvalue weighted by Gasteiger charge is 2.20. The van der Waals surface area contributed by atoms with Gasteiger partial charge in [0.2, 0.25) is 5.89 Å². The lowest BCUT2D eigenvalue weighted by atomic mass is 9.97. The maximum Gasteiger partial charge on any atom is 0.208 e. The molecule has 1 saturated heterocycles. The third-order valence-electron chi connectivity index (χ3n) is 4.50. The second-order valence-electron chi connectivity index (χ2n) is 6.47. The minimum absolute atomic E-state index is 0.589. The summed E-state index contributed by atoms with van der Waals surface area (Å²) in [5.74, 6) is 2.98. The van der Waals surface area contributed by atoms with Crippen molar-refractivity contribution in [1.29, 1.82) is 0 Å². The van der Waals surface area contributed by atoms with Gasteiger partial charge in [0, 0.05) is 13.1 Å². The lowest BCUT2D eigenvalue weighted by Gasteiger charge is -2.30. The van der Waals surface area contributed by atoms with Crippen molar-refractivity contribution in [2.45, 2.75) is 53.0 Å². The van der Waals surface area contributed by atoms with Crippen LogP contribution in [0, 0.1) is 19.8 Å². The number of aromatic nitrogens is 1. The van der Waals surface area contributed by atoms with Crippen LogP contribution in [-0.4, -0.2) is 42.0 Å². The van der Waals surface area contributed by atoms with E-state index in [1.54, 1.807) is 0 Å². The number of nitrogens with two attached hydrogens (primary N) is 1. The van der Waals surface area contributed by atoms with Crippen molar-refractivity contribution in [3.8, 4) is 0 Å². The number of hydrogen-bond acceptors (Lipinski definition) is 4. The summed E-state index contributed by atoms with van der Waals surface area (Å²) < 4.78 is 5.67. The average molecular weight is 321 g/mol. The topological polar surface area (TPSA) is 79.7 Å². The van der Waals surface area contributed by atoms with Gasteiger partial charge in [0.15, 0.2) is 5.96 Å². The van der Waals surface area contributed by atoms with E-state index in [1.807, 2.05) is 13.8 Å². The normalized spacial score (nSPS) is 17.6. The summed E-state index contributed by atoms with van der Waals surface area (Å²) in [6, 6.07) is 0. The van der Waals surface area contributed by atoms with E-state index in [1.165, 1.54) is 6.42 Å². The van der Waals surface area contributed by atoms with Crippen LogP contribution in [0.5, 0.6) is 0 Å². The number of unbranched alkanes of at least 4 members (excludes halogenated alkanes) is 1. The van der Waals surface area contributed by atoms with Crippen LogP contribution < -0.4 is 11.1 Å². The molecular formula is C17H31N5O. The molecule has 0 saturated carbocycles. The van der Waals surface area contributed by atoms with Gasteiger partial charge in [-0.1, -0.05) is 13.3 Å². The number of rotatable bonds is 7. The van der Waals surface area contributed by atoms with Gasteiger partial charge in [-0.05, 0) is 52.1 Å². The molecule has 0 atom stereocenters. The summed E-state index contributed by atoms with van der Waals surface area (Å²) in [7, 11) is 0. The van der Waals surface area contributed by atoms with Gasteiger partial charge in [0.05, 0.1) is 12.2 Å². The van der Waals surface area contributed by atoms with Crippen molar-refractivity contribution < 1.29 is 4.42 Å². The molecule has 3 N–H and O–H groups in total. The van der Waals surface area contributed by atoms with E-state index in [0.717, 1.165) is 69.3 Å². The zero-order valence-electron chi connectivity index (χ0n) is 14.8. The summed E-state index contributed by atoms with van der Waals surface area (Å²) in [6.07, 6.45) is 4.62. The first-order chi connectivity index (χ1) is 11.1. The van der Waals surface area contributed by atoms with Crippen LogP contribution in [0.2, 0.25) is 0 Å². The molecule has 23 heavy (non-hydrogen) atoms. The van der Waals surface area contributed by atoms with E-state index in [9.17, 15) is 0 Å². The molecule has 0 amide bonds. The summed E-state index contributed by atoms with van der Waals surface area (Å²) in [5.41, 5.74) is 6.88. The Morgan fingerprint density at radius 1 is 1.39 bits per heavy atom. The van der Waals surface area contributed by atoms with Crippen molar-refractivity contribution in [1.82, 2.24) is 15.2 Å². The third kappa shape index (κ3) is 5.86. The van der Waals surface area contributed by atoms with Gasteiger partial charge < -0.3 is 15.5 Å². The summed E-state index contributed by atoms with van der Waals surface area (Å²) >= 11 is 0. The van der Waals surface area contributed by atoms with Gasteiger partial charge >= 0.3 is 0 Å². The molecule has 6 heteroatoms. The van der Waals surface area contributed by atoms with Gasteiger partial charge in [-0.25, -0.2) is 4.98 Å². The zero-order chi connectivity index (χ0) is 16.7.